The number of benzene rings is 2. The molecule has 2 aliphatic rings. The van der Waals surface area contributed by atoms with Gasteiger partial charge in [-0.05, 0) is 34.7 Å². The number of alkyl carbamates (subject to hydrolysis) is 1. The van der Waals surface area contributed by atoms with Crippen LogP contribution in [0.2, 0.25) is 0 Å². The molecule has 36 heavy (non-hydrogen) atoms. The number of aromatic nitrogens is 1. The molecule has 1 aliphatic carbocycles. The lowest BCUT2D eigenvalue weighted by atomic mass is 9.98. The molecule has 0 unspecified atom stereocenters. The van der Waals surface area contributed by atoms with E-state index in [2.05, 4.69) is 22.4 Å². The Hall–Kier alpha value is -3.91. The van der Waals surface area contributed by atoms with Crippen LogP contribution in [-0.2, 0) is 27.3 Å². The Morgan fingerprint density at radius 3 is 2.42 bits per heavy atom. The van der Waals surface area contributed by atoms with Gasteiger partial charge in [0.05, 0.1) is 12.3 Å². The third-order valence-electron chi connectivity index (χ3n) is 6.67. The van der Waals surface area contributed by atoms with Crippen LogP contribution in [0.4, 0.5) is 4.79 Å². The van der Waals surface area contributed by atoms with E-state index < -0.39 is 23.9 Å². The molecular formula is C28H28N2O6. The van der Waals surface area contributed by atoms with Crippen LogP contribution in [0.15, 0.2) is 54.7 Å². The molecule has 0 fully saturated rings. The highest BCUT2D eigenvalue weighted by molar-refractivity contribution is 5.81. The first-order valence-electron chi connectivity index (χ1n) is 11.9. The van der Waals surface area contributed by atoms with Crippen molar-refractivity contribution in [3.05, 3.63) is 82.7 Å². The van der Waals surface area contributed by atoms with Gasteiger partial charge in [0.2, 0.25) is 5.79 Å². The molecule has 0 saturated heterocycles. The maximum absolute atomic E-state index is 12.7. The SMILES string of the molecule is Cc1ncc(C[C@H](NC(=O)OCC2c3ccccc3-c3ccccc32)C(=O)O)c2c1OC(C)(C)OC2. The number of hydrogen-bond donors (Lipinski definition) is 2. The molecule has 1 atom stereocenters. The highest BCUT2D eigenvalue weighted by Crippen LogP contribution is 2.44. The summed E-state index contributed by atoms with van der Waals surface area (Å²) in [5.41, 5.74) is 6.48. The van der Waals surface area contributed by atoms with Gasteiger partial charge in [-0.15, -0.1) is 0 Å². The van der Waals surface area contributed by atoms with E-state index in [1.807, 2.05) is 43.3 Å². The van der Waals surface area contributed by atoms with Crippen molar-refractivity contribution < 1.29 is 28.9 Å². The Morgan fingerprint density at radius 2 is 1.78 bits per heavy atom. The van der Waals surface area contributed by atoms with Crippen molar-refractivity contribution in [3.8, 4) is 16.9 Å². The summed E-state index contributed by atoms with van der Waals surface area (Å²) in [7, 11) is 0. The number of hydrogen-bond acceptors (Lipinski definition) is 6. The minimum absolute atomic E-state index is 0.0162. The third-order valence-corrected chi connectivity index (χ3v) is 6.67. The zero-order valence-electron chi connectivity index (χ0n) is 20.4. The molecule has 8 heteroatoms. The molecule has 0 radical (unpaired) electrons. The topological polar surface area (TPSA) is 107 Å². The predicted octanol–water partition coefficient (Wildman–Crippen LogP) is 4.57. The number of pyridine rings is 1. The number of carboxylic acids is 1. The summed E-state index contributed by atoms with van der Waals surface area (Å²) in [6.07, 6.45) is 0.837. The average Bonchev–Trinajstić information content (AvgIpc) is 3.17. The first kappa shape index (κ1) is 23.8. The van der Waals surface area contributed by atoms with E-state index in [-0.39, 0.29) is 25.6 Å². The van der Waals surface area contributed by atoms with Crippen LogP contribution >= 0.6 is 0 Å². The molecule has 0 saturated carbocycles. The van der Waals surface area contributed by atoms with Crippen LogP contribution in [0, 0.1) is 6.92 Å². The summed E-state index contributed by atoms with van der Waals surface area (Å²) in [6, 6.07) is 14.9. The summed E-state index contributed by atoms with van der Waals surface area (Å²) in [4.78, 5) is 29.1. The summed E-state index contributed by atoms with van der Waals surface area (Å²) >= 11 is 0. The fraction of sp³-hybridized carbons (Fsp3) is 0.321. The molecule has 5 rings (SSSR count). The molecule has 1 amide bonds. The van der Waals surface area contributed by atoms with Gasteiger partial charge in [-0.1, -0.05) is 48.5 Å². The Morgan fingerprint density at radius 1 is 1.14 bits per heavy atom. The maximum atomic E-state index is 12.7. The summed E-state index contributed by atoms with van der Waals surface area (Å²) in [5.74, 6) is -1.49. The van der Waals surface area contributed by atoms with E-state index in [1.165, 1.54) is 0 Å². The molecule has 3 aromatic rings. The Labute approximate surface area is 209 Å². The smallest absolute Gasteiger partial charge is 0.407 e. The summed E-state index contributed by atoms with van der Waals surface area (Å²) < 4.78 is 17.2. The monoisotopic (exact) mass is 488 g/mol. The van der Waals surface area contributed by atoms with Gasteiger partial charge in [0, 0.05) is 37.9 Å². The molecule has 0 bridgehead atoms. The van der Waals surface area contributed by atoms with Crippen molar-refractivity contribution in [2.24, 2.45) is 0 Å². The number of amides is 1. The minimum Gasteiger partial charge on any atom is -0.480 e. The van der Waals surface area contributed by atoms with Gasteiger partial charge < -0.3 is 24.6 Å². The molecule has 1 aliphatic heterocycles. The van der Waals surface area contributed by atoms with Crippen molar-refractivity contribution in [1.82, 2.24) is 10.3 Å². The predicted molar refractivity (Wildman–Crippen MR) is 132 cm³/mol. The van der Waals surface area contributed by atoms with Crippen molar-refractivity contribution in [1.29, 1.82) is 0 Å². The van der Waals surface area contributed by atoms with Gasteiger partial charge in [0.25, 0.3) is 0 Å². The lowest BCUT2D eigenvalue weighted by Gasteiger charge is -2.34. The quantitative estimate of drug-likeness (QED) is 0.523. The first-order valence-corrected chi connectivity index (χ1v) is 11.9. The number of carboxylic acid groups (broad SMARTS) is 1. The molecule has 2 N–H and O–H groups in total. The van der Waals surface area contributed by atoms with Gasteiger partial charge >= 0.3 is 12.1 Å². The van der Waals surface area contributed by atoms with Crippen LogP contribution < -0.4 is 10.1 Å². The number of nitrogens with one attached hydrogen (secondary N) is 1. The van der Waals surface area contributed by atoms with Crippen LogP contribution in [0.3, 0.4) is 0 Å². The van der Waals surface area contributed by atoms with Crippen LogP contribution in [0.1, 0.15) is 47.7 Å². The molecule has 186 valence electrons. The molecule has 2 heterocycles. The molecule has 2 aromatic carbocycles. The van der Waals surface area contributed by atoms with E-state index in [4.69, 9.17) is 14.2 Å². The number of carbonyl (C=O) groups is 2. The van der Waals surface area contributed by atoms with Crippen LogP contribution in [0.25, 0.3) is 11.1 Å². The average molecular weight is 489 g/mol. The maximum Gasteiger partial charge on any atom is 0.407 e. The van der Waals surface area contributed by atoms with Gasteiger partial charge in [0.15, 0.2) is 0 Å². The van der Waals surface area contributed by atoms with Gasteiger partial charge in [-0.25, -0.2) is 9.59 Å². The number of aliphatic carboxylic acids is 1. The van der Waals surface area contributed by atoms with E-state index in [9.17, 15) is 14.7 Å². The molecule has 1 aromatic heterocycles. The Balaban J connectivity index is 1.29. The Bertz CT molecular complexity index is 1290. The normalized spacial score (nSPS) is 16.2. The highest BCUT2D eigenvalue weighted by atomic mass is 16.7. The van der Waals surface area contributed by atoms with Gasteiger partial charge in [-0.3, -0.25) is 4.98 Å². The molecule has 0 spiro atoms. The lowest BCUT2D eigenvalue weighted by molar-refractivity contribution is -0.180. The first-order chi connectivity index (χ1) is 17.2. The van der Waals surface area contributed by atoms with E-state index in [0.29, 0.717) is 17.0 Å². The summed E-state index contributed by atoms with van der Waals surface area (Å²) in [6.45, 7) is 5.80. The van der Waals surface area contributed by atoms with Crippen molar-refractivity contribution in [2.75, 3.05) is 6.61 Å². The van der Waals surface area contributed by atoms with E-state index >= 15 is 0 Å². The fourth-order valence-electron chi connectivity index (χ4n) is 4.87. The summed E-state index contributed by atoms with van der Waals surface area (Å²) in [5, 5.41) is 12.3. The third kappa shape index (κ3) is 4.52. The van der Waals surface area contributed by atoms with E-state index in [0.717, 1.165) is 27.8 Å². The van der Waals surface area contributed by atoms with Crippen molar-refractivity contribution >= 4 is 12.1 Å². The Kier molecular flexibility index (Phi) is 6.14. The number of nitrogens with zero attached hydrogens (tertiary/aromatic N) is 1. The van der Waals surface area contributed by atoms with Gasteiger partial charge in [0.1, 0.15) is 18.4 Å². The second-order valence-corrected chi connectivity index (χ2v) is 9.53. The van der Waals surface area contributed by atoms with Crippen molar-refractivity contribution in [3.63, 3.8) is 0 Å². The number of fused-ring (bicyclic) bond motifs is 4. The number of rotatable bonds is 6. The highest BCUT2D eigenvalue weighted by Gasteiger charge is 2.33. The largest absolute Gasteiger partial charge is 0.480 e. The van der Waals surface area contributed by atoms with Gasteiger partial charge in [-0.2, -0.15) is 0 Å². The van der Waals surface area contributed by atoms with Crippen molar-refractivity contribution in [2.45, 2.75) is 51.5 Å². The number of carbonyl (C=O) groups excluding carboxylic acids is 1. The lowest BCUT2D eigenvalue weighted by Crippen LogP contribution is -2.43. The minimum atomic E-state index is -1.20. The zero-order valence-corrected chi connectivity index (χ0v) is 20.4. The second-order valence-electron chi connectivity index (χ2n) is 9.53. The standard InChI is InChI=1S/C28H28N2O6/c1-16-25-22(15-35-28(2,3)36-25)17(13-29-16)12-24(26(31)32)30-27(33)34-14-23-20-10-6-4-8-18(20)19-9-5-7-11-21(19)23/h4-11,13,23-24H,12,14-15H2,1-3H3,(H,30,33)(H,31,32)/t24-/m0/s1. The molecule has 8 nitrogen and oxygen atoms in total. The zero-order chi connectivity index (χ0) is 25.4. The number of aryl methyl sites for hydroxylation is 1. The number of ether oxygens (including phenoxy) is 3. The van der Waals surface area contributed by atoms with E-state index in [1.54, 1.807) is 20.0 Å². The van der Waals surface area contributed by atoms with Crippen LogP contribution in [0.5, 0.6) is 5.75 Å². The second kappa shape index (κ2) is 9.28. The molecular weight excluding hydrogens is 460 g/mol. The fourth-order valence-corrected chi connectivity index (χ4v) is 4.87. The van der Waals surface area contributed by atoms with Crippen LogP contribution in [-0.4, -0.2) is 40.6 Å².